The number of rotatable bonds is 5. The number of H-pyrrole nitrogens is 1. The largest absolute Gasteiger partial charge is 0.387 e. The van der Waals surface area contributed by atoms with Crippen molar-refractivity contribution in [3.8, 4) is 0 Å². The van der Waals surface area contributed by atoms with Gasteiger partial charge in [0.1, 0.15) is 0 Å². The van der Waals surface area contributed by atoms with Crippen LogP contribution < -0.4 is 5.32 Å². The Morgan fingerprint density at radius 2 is 2.18 bits per heavy atom. The lowest BCUT2D eigenvalue weighted by Crippen LogP contribution is -2.25. The van der Waals surface area contributed by atoms with Crippen molar-refractivity contribution in [3.05, 3.63) is 30.0 Å². The SMILES string of the molecule is CC(C)CNC[C@H](O)c1cccc2[nH]ncc12. The molecule has 92 valence electrons. The summed E-state index contributed by atoms with van der Waals surface area (Å²) >= 11 is 0. The molecule has 0 unspecified atom stereocenters. The summed E-state index contributed by atoms with van der Waals surface area (Å²) in [6, 6.07) is 5.83. The lowest BCUT2D eigenvalue weighted by atomic mass is 10.0. The molecule has 4 heteroatoms. The number of aromatic amines is 1. The predicted octanol–water partition coefficient (Wildman–Crippen LogP) is 1.84. The zero-order chi connectivity index (χ0) is 12.3. The fourth-order valence-electron chi connectivity index (χ4n) is 1.90. The Balaban J connectivity index is 2.08. The summed E-state index contributed by atoms with van der Waals surface area (Å²) in [5.74, 6) is 0.590. The summed E-state index contributed by atoms with van der Waals surface area (Å²) in [6.07, 6.45) is 1.27. The minimum atomic E-state index is -0.491. The smallest absolute Gasteiger partial charge is 0.0921 e. The normalized spacial score (nSPS) is 13.4. The Kier molecular flexibility index (Phi) is 3.76. The Morgan fingerprint density at radius 3 is 2.94 bits per heavy atom. The number of nitrogens with one attached hydrogen (secondary N) is 2. The standard InChI is InChI=1S/C13H19N3O/c1-9(2)6-14-8-13(17)10-4-3-5-12-11(10)7-15-16-12/h3-5,7,9,13-14,17H,6,8H2,1-2H3,(H,15,16)/t13-/m0/s1. The van der Waals surface area contributed by atoms with Gasteiger partial charge in [0.15, 0.2) is 0 Å². The summed E-state index contributed by atoms with van der Waals surface area (Å²) in [6.45, 7) is 5.78. The zero-order valence-corrected chi connectivity index (χ0v) is 10.3. The van der Waals surface area contributed by atoms with E-state index in [0.717, 1.165) is 23.0 Å². The molecule has 0 saturated carbocycles. The van der Waals surface area contributed by atoms with Gasteiger partial charge in [0.2, 0.25) is 0 Å². The van der Waals surface area contributed by atoms with Crippen molar-refractivity contribution in [3.63, 3.8) is 0 Å². The topological polar surface area (TPSA) is 60.9 Å². The molecule has 1 heterocycles. The van der Waals surface area contributed by atoms with Crippen molar-refractivity contribution in [2.75, 3.05) is 13.1 Å². The van der Waals surface area contributed by atoms with E-state index in [4.69, 9.17) is 0 Å². The minimum absolute atomic E-state index is 0.491. The van der Waals surface area contributed by atoms with Crippen LogP contribution in [0.25, 0.3) is 10.9 Å². The molecule has 0 aliphatic heterocycles. The molecule has 4 nitrogen and oxygen atoms in total. The molecule has 0 aliphatic rings. The zero-order valence-electron chi connectivity index (χ0n) is 10.3. The van der Waals surface area contributed by atoms with E-state index in [1.807, 2.05) is 18.2 Å². The lowest BCUT2D eigenvalue weighted by molar-refractivity contribution is 0.175. The van der Waals surface area contributed by atoms with E-state index in [0.29, 0.717) is 12.5 Å². The summed E-state index contributed by atoms with van der Waals surface area (Å²) in [5, 5.41) is 21.3. The van der Waals surface area contributed by atoms with Crippen LogP contribution in [-0.2, 0) is 0 Å². The molecule has 0 fully saturated rings. The molecule has 17 heavy (non-hydrogen) atoms. The predicted molar refractivity (Wildman–Crippen MR) is 68.8 cm³/mol. The molecule has 0 saturated heterocycles. The van der Waals surface area contributed by atoms with Crippen LogP contribution in [0.1, 0.15) is 25.5 Å². The number of benzene rings is 1. The summed E-state index contributed by atoms with van der Waals surface area (Å²) < 4.78 is 0. The molecule has 2 aromatic rings. The van der Waals surface area contributed by atoms with Gasteiger partial charge >= 0.3 is 0 Å². The first-order chi connectivity index (χ1) is 8.18. The fourth-order valence-corrected chi connectivity index (χ4v) is 1.90. The minimum Gasteiger partial charge on any atom is -0.387 e. The Labute approximate surface area is 101 Å². The molecule has 0 spiro atoms. The van der Waals surface area contributed by atoms with Gasteiger partial charge in [-0.2, -0.15) is 5.10 Å². The van der Waals surface area contributed by atoms with Gasteiger partial charge < -0.3 is 10.4 Å². The number of aromatic nitrogens is 2. The highest BCUT2D eigenvalue weighted by molar-refractivity contribution is 5.81. The number of fused-ring (bicyclic) bond motifs is 1. The lowest BCUT2D eigenvalue weighted by Gasteiger charge is -2.14. The fraction of sp³-hybridized carbons (Fsp3) is 0.462. The monoisotopic (exact) mass is 233 g/mol. The number of nitrogens with zero attached hydrogens (tertiary/aromatic N) is 1. The summed E-state index contributed by atoms with van der Waals surface area (Å²) in [5.41, 5.74) is 1.89. The summed E-state index contributed by atoms with van der Waals surface area (Å²) in [7, 11) is 0. The summed E-state index contributed by atoms with van der Waals surface area (Å²) in [4.78, 5) is 0. The van der Waals surface area contributed by atoms with Crippen molar-refractivity contribution >= 4 is 10.9 Å². The number of hydrogen-bond acceptors (Lipinski definition) is 3. The van der Waals surface area contributed by atoms with Crippen LogP contribution in [0.5, 0.6) is 0 Å². The van der Waals surface area contributed by atoms with Gasteiger partial charge in [-0.1, -0.05) is 26.0 Å². The maximum absolute atomic E-state index is 10.1. The van der Waals surface area contributed by atoms with Gasteiger partial charge in [-0.3, -0.25) is 5.10 Å². The Bertz CT molecular complexity index is 478. The molecular weight excluding hydrogens is 214 g/mol. The van der Waals surface area contributed by atoms with Gasteiger partial charge in [0.25, 0.3) is 0 Å². The van der Waals surface area contributed by atoms with Gasteiger partial charge in [-0.05, 0) is 24.1 Å². The molecule has 0 aliphatic carbocycles. The van der Waals surface area contributed by atoms with Crippen molar-refractivity contribution in [1.29, 1.82) is 0 Å². The van der Waals surface area contributed by atoms with E-state index in [1.54, 1.807) is 6.20 Å². The van der Waals surface area contributed by atoms with Gasteiger partial charge in [-0.25, -0.2) is 0 Å². The van der Waals surface area contributed by atoms with Gasteiger partial charge in [-0.15, -0.1) is 0 Å². The Morgan fingerprint density at radius 1 is 1.35 bits per heavy atom. The van der Waals surface area contributed by atoms with E-state index >= 15 is 0 Å². The molecule has 1 aromatic heterocycles. The molecular formula is C13H19N3O. The number of aliphatic hydroxyl groups is 1. The average molecular weight is 233 g/mol. The van der Waals surface area contributed by atoms with Crippen LogP contribution in [0, 0.1) is 5.92 Å². The molecule has 2 rings (SSSR count). The first kappa shape index (κ1) is 12.1. The van der Waals surface area contributed by atoms with Crippen LogP contribution in [-0.4, -0.2) is 28.4 Å². The highest BCUT2D eigenvalue weighted by Crippen LogP contribution is 2.22. The second-order valence-electron chi connectivity index (χ2n) is 4.75. The van der Waals surface area contributed by atoms with E-state index in [9.17, 15) is 5.11 Å². The van der Waals surface area contributed by atoms with Crippen molar-refractivity contribution in [1.82, 2.24) is 15.5 Å². The molecule has 0 amide bonds. The van der Waals surface area contributed by atoms with Crippen LogP contribution >= 0.6 is 0 Å². The first-order valence-electron chi connectivity index (χ1n) is 5.99. The van der Waals surface area contributed by atoms with Crippen LogP contribution in [0.3, 0.4) is 0 Å². The molecule has 1 aromatic carbocycles. The van der Waals surface area contributed by atoms with Crippen LogP contribution in [0.2, 0.25) is 0 Å². The number of hydrogen-bond donors (Lipinski definition) is 3. The highest BCUT2D eigenvalue weighted by Gasteiger charge is 2.11. The molecule has 3 N–H and O–H groups in total. The second kappa shape index (κ2) is 5.29. The molecule has 0 radical (unpaired) electrons. The van der Waals surface area contributed by atoms with Crippen LogP contribution in [0.4, 0.5) is 0 Å². The van der Waals surface area contributed by atoms with E-state index in [2.05, 4.69) is 29.4 Å². The first-order valence-corrected chi connectivity index (χ1v) is 5.99. The van der Waals surface area contributed by atoms with E-state index < -0.39 is 6.10 Å². The maximum Gasteiger partial charge on any atom is 0.0921 e. The van der Waals surface area contributed by atoms with Crippen molar-refractivity contribution < 1.29 is 5.11 Å². The third-order valence-corrected chi connectivity index (χ3v) is 2.77. The van der Waals surface area contributed by atoms with E-state index in [-0.39, 0.29) is 0 Å². The van der Waals surface area contributed by atoms with E-state index in [1.165, 1.54) is 0 Å². The van der Waals surface area contributed by atoms with Crippen LogP contribution in [0.15, 0.2) is 24.4 Å². The third kappa shape index (κ3) is 2.84. The second-order valence-corrected chi connectivity index (χ2v) is 4.75. The molecule has 1 atom stereocenters. The molecule has 0 bridgehead atoms. The van der Waals surface area contributed by atoms with Gasteiger partial charge in [0, 0.05) is 11.9 Å². The van der Waals surface area contributed by atoms with Gasteiger partial charge in [0.05, 0.1) is 17.8 Å². The van der Waals surface area contributed by atoms with Crippen molar-refractivity contribution in [2.45, 2.75) is 20.0 Å². The number of aliphatic hydroxyl groups excluding tert-OH is 1. The maximum atomic E-state index is 10.1. The third-order valence-electron chi connectivity index (χ3n) is 2.77. The highest BCUT2D eigenvalue weighted by atomic mass is 16.3. The quantitative estimate of drug-likeness (QED) is 0.738. The Hall–Kier alpha value is -1.39. The van der Waals surface area contributed by atoms with Crippen molar-refractivity contribution in [2.24, 2.45) is 5.92 Å². The average Bonchev–Trinajstić information content (AvgIpc) is 2.75.